The molecule has 0 saturated heterocycles. The van der Waals surface area contributed by atoms with Gasteiger partial charge >= 0.3 is 0 Å². The SMILES string of the molecule is Cc1ccnc(NS(=O)(=O)c2cc([N+](=O)[O-])c(Cl)s2)c1. The summed E-state index contributed by atoms with van der Waals surface area (Å²) < 4.78 is 26.0. The van der Waals surface area contributed by atoms with Gasteiger partial charge in [-0.3, -0.25) is 14.8 Å². The number of nitrogens with one attached hydrogen (secondary N) is 1. The molecule has 2 heterocycles. The summed E-state index contributed by atoms with van der Waals surface area (Å²) in [5.74, 6) is 0.136. The lowest BCUT2D eigenvalue weighted by Crippen LogP contribution is -2.12. The number of hydrogen-bond donors (Lipinski definition) is 1. The summed E-state index contributed by atoms with van der Waals surface area (Å²) in [6.07, 6.45) is 1.46. The quantitative estimate of drug-likeness (QED) is 0.684. The molecule has 7 nitrogen and oxygen atoms in total. The van der Waals surface area contributed by atoms with Gasteiger partial charge in [-0.05, 0) is 24.6 Å². The second-order valence-corrected chi connectivity index (χ2v) is 7.37. The molecule has 106 valence electrons. The summed E-state index contributed by atoms with van der Waals surface area (Å²) in [4.78, 5) is 13.8. The number of aromatic nitrogens is 1. The molecule has 2 aromatic rings. The number of hydrogen-bond acceptors (Lipinski definition) is 6. The van der Waals surface area contributed by atoms with Gasteiger partial charge in [0.15, 0.2) is 4.34 Å². The van der Waals surface area contributed by atoms with Crippen LogP contribution >= 0.6 is 22.9 Å². The molecule has 0 aliphatic heterocycles. The molecule has 0 radical (unpaired) electrons. The van der Waals surface area contributed by atoms with Crippen LogP contribution in [0.2, 0.25) is 4.34 Å². The molecular weight excluding hydrogens is 326 g/mol. The van der Waals surface area contributed by atoms with Crippen molar-refractivity contribution < 1.29 is 13.3 Å². The van der Waals surface area contributed by atoms with E-state index in [0.29, 0.717) is 11.3 Å². The van der Waals surface area contributed by atoms with Crippen molar-refractivity contribution in [1.82, 2.24) is 4.98 Å². The third kappa shape index (κ3) is 3.06. The number of sulfonamides is 1. The molecule has 0 amide bonds. The van der Waals surface area contributed by atoms with Crippen LogP contribution in [0.5, 0.6) is 0 Å². The topological polar surface area (TPSA) is 102 Å². The number of thiophene rings is 1. The number of nitrogens with zero attached hydrogens (tertiary/aromatic N) is 2. The maximum absolute atomic E-state index is 12.1. The average Bonchev–Trinajstić information content (AvgIpc) is 2.71. The van der Waals surface area contributed by atoms with Gasteiger partial charge in [-0.15, -0.1) is 11.3 Å². The number of aryl methyl sites for hydroxylation is 1. The molecule has 20 heavy (non-hydrogen) atoms. The Morgan fingerprint density at radius 3 is 2.70 bits per heavy atom. The van der Waals surface area contributed by atoms with Gasteiger partial charge in [0.25, 0.3) is 15.7 Å². The Morgan fingerprint density at radius 1 is 1.45 bits per heavy atom. The molecule has 0 aliphatic carbocycles. The van der Waals surface area contributed by atoms with Gasteiger partial charge in [0.1, 0.15) is 10.0 Å². The van der Waals surface area contributed by atoms with Gasteiger partial charge < -0.3 is 0 Å². The van der Waals surface area contributed by atoms with Gasteiger partial charge in [0.05, 0.1) is 4.92 Å². The lowest BCUT2D eigenvalue weighted by Gasteiger charge is -2.05. The highest BCUT2D eigenvalue weighted by Gasteiger charge is 2.25. The Kier molecular flexibility index (Phi) is 3.93. The van der Waals surface area contributed by atoms with E-state index in [-0.39, 0.29) is 14.4 Å². The minimum absolute atomic E-state index is 0.136. The van der Waals surface area contributed by atoms with Crippen molar-refractivity contribution in [3.8, 4) is 0 Å². The highest BCUT2D eigenvalue weighted by Crippen LogP contribution is 2.36. The Hall–Kier alpha value is -1.71. The molecule has 0 atom stereocenters. The van der Waals surface area contributed by atoms with Crippen LogP contribution in [0.1, 0.15) is 5.56 Å². The average molecular weight is 334 g/mol. The van der Waals surface area contributed by atoms with E-state index in [1.807, 2.05) is 0 Å². The molecular formula is C10H8ClN3O4S2. The summed E-state index contributed by atoms with van der Waals surface area (Å²) in [6, 6.07) is 4.18. The summed E-state index contributed by atoms with van der Waals surface area (Å²) in [7, 11) is -3.95. The first-order chi connectivity index (χ1) is 9.29. The zero-order valence-corrected chi connectivity index (χ0v) is 12.4. The van der Waals surface area contributed by atoms with Crippen LogP contribution in [0.3, 0.4) is 0 Å². The second-order valence-electron chi connectivity index (χ2n) is 3.81. The highest BCUT2D eigenvalue weighted by molar-refractivity contribution is 7.94. The maximum atomic E-state index is 12.1. The van der Waals surface area contributed by atoms with Gasteiger partial charge in [-0.25, -0.2) is 13.4 Å². The third-order valence-electron chi connectivity index (χ3n) is 2.26. The van der Waals surface area contributed by atoms with E-state index in [1.54, 1.807) is 19.1 Å². The van der Waals surface area contributed by atoms with E-state index in [1.165, 1.54) is 6.20 Å². The van der Waals surface area contributed by atoms with Crippen molar-refractivity contribution in [2.45, 2.75) is 11.1 Å². The number of nitro groups is 1. The molecule has 0 aliphatic rings. The summed E-state index contributed by atoms with van der Waals surface area (Å²) in [5, 5.41) is 10.7. The lowest BCUT2D eigenvalue weighted by molar-refractivity contribution is -0.384. The normalized spacial score (nSPS) is 11.3. The molecule has 0 unspecified atom stereocenters. The standard InChI is InChI=1S/C10H8ClN3O4S2/c1-6-2-3-12-8(4-6)13-20(17,18)9-5-7(14(15)16)10(11)19-9/h2-5H,1H3,(H,12,13). The zero-order chi connectivity index (χ0) is 14.9. The number of rotatable bonds is 4. The monoisotopic (exact) mass is 333 g/mol. The van der Waals surface area contributed by atoms with Crippen molar-refractivity contribution in [2.75, 3.05) is 4.72 Å². The van der Waals surface area contributed by atoms with Crippen LogP contribution in [0.25, 0.3) is 0 Å². The van der Waals surface area contributed by atoms with Crippen molar-refractivity contribution in [3.05, 3.63) is 44.4 Å². The summed E-state index contributed by atoms with van der Waals surface area (Å²) in [5.41, 5.74) is 0.391. The van der Waals surface area contributed by atoms with E-state index in [4.69, 9.17) is 11.6 Å². The Balaban J connectivity index is 2.36. The van der Waals surface area contributed by atoms with Crippen LogP contribution < -0.4 is 4.72 Å². The summed E-state index contributed by atoms with van der Waals surface area (Å²) in [6.45, 7) is 1.78. The third-order valence-corrected chi connectivity index (χ3v) is 5.43. The number of anilines is 1. The van der Waals surface area contributed by atoms with E-state index in [2.05, 4.69) is 9.71 Å². The predicted molar refractivity (Wildman–Crippen MR) is 75.8 cm³/mol. The fraction of sp³-hybridized carbons (Fsp3) is 0.100. The predicted octanol–water partition coefficient (Wildman–Crippen LogP) is 2.81. The van der Waals surface area contributed by atoms with Gasteiger partial charge in [0, 0.05) is 12.3 Å². The zero-order valence-electron chi connectivity index (χ0n) is 10.0. The van der Waals surface area contributed by atoms with Crippen molar-refractivity contribution in [1.29, 1.82) is 0 Å². The second kappa shape index (κ2) is 5.35. The Bertz CT molecular complexity index is 773. The fourth-order valence-electron chi connectivity index (χ4n) is 1.38. The smallest absolute Gasteiger partial charge is 0.263 e. The van der Waals surface area contributed by atoms with Crippen molar-refractivity contribution in [2.24, 2.45) is 0 Å². The first-order valence-corrected chi connectivity index (χ1v) is 7.86. The van der Waals surface area contributed by atoms with E-state index in [9.17, 15) is 18.5 Å². The number of pyridine rings is 1. The van der Waals surface area contributed by atoms with Crippen LogP contribution in [0.4, 0.5) is 11.5 Å². The van der Waals surface area contributed by atoms with E-state index < -0.39 is 20.6 Å². The molecule has 0 fully saturated rings. The summed E-state index contributed by atoms with van der Waals surface area (Å²) >= 11 is 6.26. The van der Waals surface area contributed by atoms with Crippen LogP contribution in [-0.2, 0) is 10.0 Å². The molecule has 0 aromatic carbocycles. The molecule has 0 spiro atoms. The first kappa shape index (κ1) is 14.7. The largest absolute Gasteiger partial charge is 0.300 e. The van der Waals surface area contributed by atoms with E-state index in [0.717, 1.165) is 11.6 Å². The molecule has 10 heteroatoms. The minimum Gasteiger partial charge on any atom is -0.263 e. The van der Waals surface area contributed by atoms with Crippen LogP contribution in [0, 0.1) is 17.0 Å². The van der Waals surface area contributed by atoms with Gasteiger partial charge in [0.2, 0.25) is 0 Å². The first-order valence-electron chi connectivity index (χ1n) is 5.19. The Morgan fingerprint density at radius 2 is 2.15 bits per heavy atom. The van der Waals surface area contributed by atoms with Gasteiger partial charge in [-0.2, -0.15) is 0 Å². The Labute approximate surface area is 123 Å². The fourth-order valence-corrected chi connectivity index (χ4v) is 4.04. The highest BCUT2D eigenvalue weighted by atomic mass is 35.5. The molecule has 0 bridgehead atoms. The van der Waals surface area contributed by atoms with Gasteiger partial charge in [-0.1, -0.05) is 11.6 Å². The molecule has 1 N–H and O–H groups in total. The molecule has 2 aromatic heterocycles. The molecule has 2 rings (SSSR count). The maximum Gasteiger partial charge on any atom is 0.300 e. The lowest BCUT2D eigenvalue weighted by atomic mass is 10.3. The minimum atomic E-state index is -3.95. The van der Waals surface area contributed by atoms with Crippen molar-refractivity contribution >= 4 is 44.5 Å². The van der Waals surface area contributed by atoms with Crippen LogP contribution in [-0.4, -0.2) is 18.3 Å². The van der Waals surface area contributed by atoms with E-state index >= 15 is 0 Å². The van der Waals surface area contributed by atoms with Crippen molar-refractivity contribution in [3.63, 3.8) is 0 Å². The van der Waals surface area contributed by atoms with Crippen LogP contribution in [0.15, 0.2) is 28.6 Å². The molecule has 0 saturated carbocycles. The number of halogens is 1.